The number of H-pyrrole nitrogens is 1. The van der Waals surface area contributed by atoms with E-state index in [1.54, 1.807) is 24.8 Å². The van der Waals surface area contributed by atoms with Gasteiger partial charge in [-0.3, -0.25) is 15.1 Å². The van der Waals surface area contributed by atoms with Gasteiger partial charge in [0, 0.05) is 24.8 Å². The molecule has 0 aliphatic rings. The normalized spacial score (nSPS) is 10.4. The third-order valence-corrected chi connectivity index (χ3v) is 2.55. The fraction of sp³-hybridized carbons (Fsp3) is 0. The van der Waals surface area contributed by atoms with E-state index in [1.807, 2.05) is 30.3 Å². The Morgan fingerprint density at radius 1 is 0.824 bits per heavy atom. The minimum Gasteiger partial charge on any atom is -0.276 e. The van der Waals surface area contributed by atoms with Crippen molar-refractivity contribution < 1.29 is 0 Å². The number of nitrogens with one attached hydrogen (secondary N) is 1. The molecule has 3 heterocycles. The fourth-order valence-corrected chi connectivity index (χ4v) is 1.70. The quantitative estimate of drug-likeness (QED) is 0.724. The monoisotopic (exact) mass is 222 g/mol. The Hall–Kier alpha value is -2.49. The molecule has 4 nitrogen and oxygen atoms in total. The lowest BCUT2D eigenvalue weighted by Crippen LogP contribution is -1.85. The average Bonchev–Trinajstić information content (AvgIpc) is 2.94. The van der Waals surface area contributed by atoms with Gasteiger partial charge in [0.1, 0.15) is 0 Å². The van der Waals surface area contributed by atoms with Crippen LogP contribution in [0, 0.1) is 0 Å². The highest BCUT2D eigenvalue weighted by Crippen LogP contribution is 2.22. The highest BCUT2D eigenvalue weighted by molar-refractivity contribution is 5.68. The van der Waals surface area contributed by atoms with Crippen molar-refractivity contribution in [3.63, 3.8) is 0 Å². The molecule has 0 aromatic carbocycles. The second-order valence-corrected chi connectivity index (χ2v) is 3.64. The van der Waals surface area contributed by atoms with E-state index in [0.29, 0.717) is 0 Å². The van der Waals surface area contributed by atoms with Crippen LogP contribution in [-0.4, -0.2) is 20.2 Å². The molecule has 3 aromatic heterocycles. The number of rotatable bonds is 2. The van der Waals surface area contributed by atoms with Crippen LogP contribution in [0.4, 0.5) is 0 Å². The molecule has 17 heavy (non-hydrogen) atoms. The van der Waals surface area contributed by atoms with E-state index < -0.39 is 0 Å². The molecule has 0 unspecified atom stereocenters. The zero-order chi connectivity index (χ0) is 11.5. The topological polar surface area (TPSA) is 54.5 Å². The van der Waals surface area contributed by atoms with Crippen LogP contribution in [0.1, 0.15) is 0 Å². The number of hydrogen-bond acceptors (Lipinski definition) is 3. The first-order valence-electron chi connectivity index (χ1n) is 5.30. The highest BCUT2D eigenvalue weighted by atomic mass is 15.1. The smallest absolute Gasteiger partial charge is 0.0886 e. The molecule has 0 bridgehead atoms. The molecule has 0 radical (unpaired) electrons. The maximum Gasteiger partial charge on any atom is 0.0886 e. The van der Waals surface area contributed by atoms with Crippen molar-refractivity contribution in [2.45, 2.75) is 0 Å². The molecule has 0 fully saturated rings. The van der Waals surface area contributed by atoms with Crippen LogP contribution in [0.15, 0.2) is 55.1 Å². The van der Waals surface area contributed by atoms with E-state index in [1.165, 1.54) is 0 Å². The van der Waals surface area contributed by atoms with Crippen LogP contribution in [0.3, 0.4) is 0 Å². The van der Waals surface area contributed by atoms with Crippen LogP contribution in [-0.2, 0) is 0 Å². The summed E-state index contributed by atoms with van der Waals surface area (Å²) < 4.78 is 0. The van der Waals surface area contributed by atoms with E-state index in [9.17, 15) is 0 Å². The Morgan fingerprint density at radius 2 is 1.65 bits per heavy atom. The Balaban J connectivity index is 2.06. The lowest BCUT2D eigenvalue weighted by atomic mass is 10.1. The van der Waals surface area contributed by atoms with E-state index in [2.05, 4.69) is 20.2 Å². The van der Waals surface area contributed by atoms with Gasteiger partial charge in [0.15, 0.2) is 0 Å². The van der Waals surface area contributed by atoms with Gasteiger partial charge >= 0.3 is 0 Å². The van der Waals surface area contributed by atoms with Crippen molar-refractivity contribution in [1.29, 1.82) is 0 Å². The lowest BCUT2D eigenvalue weighted by molar-refractivity contribution is 1.09. The number of hydrogen-bond donors (Lipinski definition) is 1. The summed E-state index contributed by atoms with van der Waals surface area (Å²) in [5.74, 6) is 0. The first-order chi connectivity index (χ1) is 8.43. The predicted molar refractivity (Wildman–Crippen MR) is 65.0 cm³/mol. The molecule has 0 aliphatic carbocycles. The maximum atomic E-state index is 4.32. The third kappa shape index (κ3) is 1.92. The molecule has 0 atom stereocenters. The van der Waals surface area contributed by atoms with Crippen LogP contribution in [0.5, 0.6) is 0 Å². The minimum atomic E-state index is 0.886. The van der Waals surface area contributed by atoms with E-state index in [0.717, 1.165) is 22.5 Å². The molecule has 3 rings (SSSR count). The largest absolute Gasteiger partial charge is 0.276 e. The summed E-state index contributed by atoms with van der Waals surface area (Å²) in [5.41, 5.74) is 4.05. The molecule has 4 heteroatoms. The van der Waals surface area contributed by atoms with Gasteiger partial charge in [-0.25, -0.2) is 0 Å². The Kier molecular flexibility index (Phi) is 2.38. The first-order valence-corrected chi connectivity index (χ1v) is 5.30. The SMILES string of the molecule is c1cc(-c2ccnc(-c3ccn[nH]3)c2)ccn1. The van der Waals surface area contributed by atoms with Crippen LogP contribution >= 0.6 is 0 Å². The van der Waals surface area contributed by atoms with Crippen LogP contribution < -0.4 is 0 Å². The second-order valence-electron chi connectivity index (χ2n) is 3.64. The van der Waals surface area contributed by atoms with Crippen LogP contribution in [0.2, 0.25) is 0 Å². The van der Waals surface area contributed by atoms with Gasteiger partial charge in [-0.1, -0.05) is 0 Å². The number of aromatic nitrogens is 4. The fourth-order valence-electron chi connectivity index (χ4n) is 1.70. The van der Waals surface area contributed by atoms with E-state index >= 15 is 0 Å². The van der Waals surface area contributed by atoms with Crippen molar-refractivity contribution >= 4 is 0 Å². The maximum absolute atomic E-state index is 4.32. The zero-order valence-electron chi connectivity index (χ0n) is 9.04. The molecule has 3 aromatic rings. The lowest BCUT2D eigenvalue weighted by Gasteiger charge is -2.02. The van der Waals surface area contributed by atoms with Gasteiger partial charge < -0.3 is 0 Å². The summed E-state index contributed by atoms with van der Waals surface area (Å²) in [6.07, 6.45) is 7.08. The summed E-state index contributed by atoms with van der Waals surface area (Å²) in [7, 11) is 0. The minimum absolute atomic E-state index is 0.886. The van der Waals surface area contributed by atoms with Gasteiger partial charge in [0.2, 0.25) is 0 Å². The molecular weight excluding hydrogens is 212 g/mol. The molecule has 82 valence electrons. The van der Waals surface area contributed by atoms with Crippen molar-refractivity contribution in [1.82, 2.24) is 20.2 Å². The van der Waals surface area contributed by atoms with Gasteiger partial charge in [-0.05, 0) is 41.5 Å². The predicted octanol–water partition coefficient (Wildman–Crippen LogP) is 2.53. The van der Waals surface area contributed by atoms with Crippen molar-refractivity contribution in [2.75, 3.05) is 0 Å². The van der Waals surface area contributed by atoms with E-state index in [4.69, 9.17) is 0 Å². The second kappa shape index (κ2) is 4.17. The van der Waals surface area contributed by atoms with Gasteiger partial charge in [-0.15, -0.1) is 0 Å². The van der Waals surface area contributed by atoms with Crippen LogP contribution in [0.25, 0.3) is 22.5 Å². The average molecular weight is 222 g/mol. The van der Waals surface area contributed by atoms with Crippen molar-refractivity contribution in [2.24, 2.45) is 0 Å². The molecule has 0 saturated carbocycles. The summed E-state index contributed by atoms with van der Waals surface area (Å²) >= 11 is 0. The highest BCUT2D eigenvalue weighted by Gasteiger charge is 2.03. The zero-order valence-corrected chi connectivity index (χ0v) is 9.04. The Morgan fingerprint density at radius 3 is 2.41 bits per heavy atom. The van der Waals surface area contributed by atoms with Gasteiger partial charge in [0.25, 0.3) is 0 Å². The molecule has 0 spiro atoms. The Bertz CT molecular complexity index is 602. The summed E-state index contributed by atoms with van der Waals surface area (Å²) in [4.78, 5) is 8.33. The van der Waals surface area contributed by atoms with Gasteiger partial charge in [-0.2, -0.15) is 5.10 Å². The molecule has 0 aliphatic heterocycles. The molecular formula is C13H10N4. The van der Waals surface area contributed by atoms with Crippen molar-refractivity contribution in [3.8, 4) is 22.5 Å². The van der Waals surface area contributed by atoms with E-state index in [-0.39, 0.29) is 0 Å². The van der Waals surface area contributed by atoms with Crippen molar-refractivity contribution in [3.05, 3.63) is 55.1 Å². The summed E-state index contributed by atoms with van der Waals surface area (Å²) in [6.45, 7) is 0. The number of nitrogens with zero attached hydrogens (tertiary/aromatic N) is 3. The molecule has 0 saturated heterocycles. The Labute approximate surface area is 98.4 Å². The summed E-state index contributed by atoms with van der Waals surface area (Å²) in [5, 5.41) is 6.83. The molecule has 1 N–H and O–H groups in total. The number of pyridine rings is 2. The standard InChI is InChI=1S/C13H10N4/c1-5-14-6-2-10(1)11-3-7-15-13(9-11)12-4-8-16-17-12/h1-9H,(H,16,17). The third-order valence-electron chi connectivity index (χ3n) is 2.55. The number of aromatic amines is 1. The van der Waals surface area contributed by atoms with Gasteiger partial charge in [0.05, 0.1) is 11.4 Å². The summed E-state index contributed by atoms with van der Waals surface area (Å²) in [6, 6.07) is 9.87. The first kappa shape index (κ1) is 9.72. The molecule has 0 amide bonds.